The molecule has 1 aliphatic rings. The number of hydrogen-bond acceptors (Lipinski definition) is 3. The number of piperazine rings is 1. The summed E-state index contributed by atoms with van der Waals surface area (Å²) in [6.07, 6.45) is 0.776. The van der Waals surface area contributed by atoms with Crippen molar-refractivity contribution in [1.29, 1.82) is 0 Å². The Morgan fingerprint density at radius 3 is 2.30 bits per heavy atom. The molecule has 23 heavy (non-hydrogen) atoms. The average molecular weight is 321 g/mol. The van der Waals surface area contributed by atoms with Crippen LogP contribution in [0.15, 0.2) is 24.3 Å². The summed E-state index contributed by atoms with van der Waals surface area (Å²) in [5, 5.41) is 0. The molecule has 0 aromatic heterocycles. The summed E-state index contributed by atoms with van der Waals surface area (Å²) < 4.78 is 12.9. The van der Waals surface area contributed by atoms with E-state index in [-0.39, 0.29) is 30.7 Å². The van der Waals surface area contributed by atoms with Crippen molar-refractivity contribution in [3.8, 4) is 0 Å². The van der Waals surface area contributed by atoms with Gasteiger partial charge < -0.3 is 14.7 Å². The second-order valence-electron chi connectivity index (χ2n) is 5.52. The van der Waals surface area contributed by atoms with Crippen LogP contribution >= 0.6 is 0 Å². The fourth-order valence-corrected chi connectivity index (χ4v) is 2.43. The summed E-state index contributed by atoms with van der Waals surface area (Å²) in [6.45, 7) is 3.60. The van der Waals surface area contributed by atoms with E-state index < -0.39 is 0 Å². The van der Waals surface area contributed by atoms with E-state index in [9.17, 15) is 18.8 Å². The largest absolute Gasteiger partial charge is 0.342 e. The standard InChI is InChI=1S/C16H20FN3O3/c1-13(22)20(10-14-2-4-15(17)5-3-14)11-16(23)19-8-6-18(12-21)7-9-19/h2-5,12H,6-11H2,1H3. The lowest BCUT2D eigenvalue weighted by Gasteiger charge is -2.34. The average Bonchev–Trinajstić information content (AvgIpc) is 2.56. The Kier molecular flexibility index (Phi) is 5.67. The molecule has 124 valence electrons. The molecular weight excluding hydrogens is 301 g/mol. The summed E-state index contributed by atoms with van der Waals surface area (Å²) in [7, 11) is 0. The first kappa shape index (κ1) is 16.9. The van der Waals surface area contributed by atoms with Crippen molar-refractivity contribution in [2.75, 3.05) is 32.7 Å². The van der Waals surface area contributed by atoms with Gasteiger partial charge in [-0.3, -0.25) is 14.4 Å². The van der Waals surface area contributed by atoms with Crippen LogP contribution in [0.25, 0.3) is 0 Å². The number of rotatable bonds is 5. The minimum Gasteiger partial charge on any atom is -0.342 e. The quantitative estimate of drug-likeness (QED) is 0.741. The molecule has 1 heterocycles. The van der Waals surface area contributed by atoms with Crippen molar-refractivity contribution in [2.45, 2.75) is 13.5 Å². The highest BCUT2D eigenvalue weighted by Gasteiger charge is 2.23. The lowest BCUT2D eigenvalue weighted by molar-refractivity contribution is -0.141. The van der Waals surface area contributed by atoms with E-state index in [1.54, 1.807) is 21.9 Å². The summed E-state index contributed by atoms with van der Waals surface area (Å²) in [6, 6.07) is 5.85. The normalized spacial score (nSPS) is 14.5. The molecule has 0 spiro atoms. The third kappa shape index (κ3) is 4.77. The van der Waals surface area contributed by atoms with Gasteiger partial charge in [-0.1, -0.05) is 12.1 Å². The summed E-state index contributed by atoms with van der Waals surface area (Å²) in [5.74, 6) is -0.700. The minimum atomic E-state index is -0.341. The second kappa shape index (κ2) is 7.71. The predicted octanol–water partition coefficient (Wildman–Crippen LogP) is 0.475. The van der Waals surface area contributed by atoms with E-state index >= 15 is 0 Å². The summed E-state index contributed by atoms with van der Waals surface area (Å²) in [5.41, 5.74) is 0.764. The van der Waals surface area contributed by atoms with Gasteiger partial charge in [0.25, 0.3) is 0 Å². The number of hydrogen-bond donors (Lipinski definition) is 0. The number of halogens is 1. The van der Waals surface area contributed by atoms with Crippen LogP contribution < -0.4 is 0 Å². The van der Waals surface area contributed by atoms with Gasteiger partial charge in [-0.2, -0.15) is 0 Å². The minimum absolute atomic E-state index is 0.0200. The van der Waals surface area contributed by atoms with E-state index in [0.29, 0.717) is 26.2 Å². The van der Waals surface area contributed by atoms with Gasteiger partial charge >= 0.3 is 0 Å². The highest BCUT2D eigenvalue weighted by atomic mass is 19.1. The van der Waals surface area contributed by atoms with Crippen LogP contribution in [0, 0.1) is 5.82 Å². The maximum Gasteiger partial charge on any atom is 0.242 e. The Bertz CT molecular complexity index is 568. The first-order chi connectivity index (χ1) is 11.0. The molecule has 3 amide bonds. The molecule has 1 saturated heterocycles. The molecule has 6 nitrogen and oxygen atoms in total. The van der Waals surface area contributed by atoms with Gasteiger partial charge in [0, 0.05) is 39.6 Å². The number of carbonyl (C=O) groups excluding carboxylic acids is 3. The molecule has 1 fully saturated rings. The third-order valence-corrected chi connectivity index (χ3v) is 3.87. The lowest BCUT2D eigenvalue weighted by atomic mass is 10.2. The third-order valence-electron chi connectivity index (χ3n) is 3.87. The van der Waals surface area contributed by atoms with E-state index in [2.05, 4.69) is 0 Å². The van der Waals surface area contributed by atoms with E-state index in [1.807, 2.05) is 0 Å². The van der Waals surface area contributed by atoms with E-state index in [4.69, 9.17) is 0 Å². The van der Waals surface area contributed by atoms with Crippen LogP contribution in [-0.4, -0.2) is 65.6 Å². The molecule has 2 rings (SSSR count). The number of amides is 3. The van der Waals surface area contributed by atoms with E-state index in [1.165, 1.54) is 24.0 Å². The molecule has 1 aromatic rings. The molecule has 1 aliphatic heterocycles. The Hall–Kier alpha value is -2.44. The maximum absolute atomic E-state index is 12.9. The Morgan fingerprint density at radius 2 is 1.78 bits per heavy atom. The summed E-state index contributed by atoms with van der Waals surface area (Å²) in [4.78, 5) is 39.5. The van der Waals surface area contributed by atoms with Crippen molar-refractivity contribution >= 4 is 18.2 Å². The molecule has 0 radical (unpaired) electrons. The topological polar surface area (TPSA) is 60.9 Å². The zero-order valence-electron chi connectivity index (χ0n) is 13.1. The molecule has 0 saturated carbocycles. The predicted molar refractivity (Wildman–Crippen MR) is 81.7 cm³/mol. The van der Waals surface area contributed by atoms with Crippen LogP contribution in [0.5, 0.6) is 0 Å². The number of benzene rings is 1. The fourth-order valence-electron chi connectivity index (χ4n) is 2.43. The highest BCUT2D eigenvalue weighted by Crippen LogP contribution is 2.08. The zero-order valence-corrected chi connectivity index (χ0v) is 13.1. The fraction of sp³-hybridized carbons (Fsp3) is 0.438. The van der Waals surface area contributed by atoms with Crippen LogP contribution in [0.1, 0.15) is 12.5 Å². The van der Waals surface area contributed by atoms with Gasteiger partial charge in [0.15, 0.2) is 0 Å². The van der Waals surface area contributed by atoms with Crippen molar-refractivity contribution in [3.63, 3.8) is 0 Å². The van der Waals surface area contributed by atoms with Gasteiger partial charge in [0.2, 0.25) is 18.2 Å². The van der Waals surface area contributed by atoms with Crippen molar-refractivity contribution < 1.29 is 18.8 Å². The van der Waals surface area contributed by atoms with Gasteiger partial charge in [-0.25, -0.2) is 4.39 Å². The van der Waals surface area contributed by atoms with Crippen LogP contribution in [0.3, 0.4) is 0 Å². The van der Waals surface area contributed by atoms with Gasteiger partial charge in [-0.05, 0) is 17.7 Å². The first-order valence-electron chi connectivity index (χ1n) is 7.46. The number of carbonyl (C=O) groups is 3. The SMILES string of the molecule is CC(=O)N(CC(=O)N1CCN(C=O)CC1)Cc1ccc(F)cc1. The van der Waals surface area contributed by atoms with Gasteiger partial charge in [0.05, 0.1) is 0 Å². The summed E-state index contributed by atoms with van der Waals surface area (Å²) >= 11 is 0. The van der Waals surface area contributed by atoms with Crippen molar-refractivity contribution in [3.05, 3.63) is 35.6 Å². The Labute approximate surface area is 134 Å². The smallest absolute Gasteiger partial charge is 0.242 e. The molecule has 0 N–H and O–H groups in total. The maximum atomic E-state index is 12.9. The first-order valence-corrected chi connectivity index (χ1v) is 7.46. The Morgan fingerprint density at radius 1 is 1.17 bits per heavy atom. The van der Waals surface area contributed by atoms with E-state index in [0.717, 1.165) is 12.0 Å². The molecule has 0 atom stereocenters. The molecular formula is C16H20FN3O3. The monoisotopic (exact) mass is 321 g/mol. The Balaban J connectivity index is 1.93. The molecule has 7 heteroatoms. The molecule has 1 aromatic carbocycles. The zero-order chi connectivity index (χ0) is 16.8. The molecule has 0 aliphatic carbocycles. The van der Waals surface area contributed by atoms with Crippen molar-refractivity contribution in [1.82, 2.24) is 14.7 Å². The highest BCUT2D eigenvalue weighted by molar-refractivity contribution is 5.84. The second-order valence-corrected chi connectivity index (χ2v) is 5.52. The van der Waals surface area contributed by atoms with Gasteiger partial charge in [-0.15, -0.1) is 0 Å². The number of nitrogens with zero attached hydrogens (tertiary/aromatic N) is 3. The van der Waals surface area contributed by atoms with Crippen LogP contribution in [0.2, 0.25) is 0 Å². The van der Waals surface area contributed by atoms with Gasteiger partial charge in [0.1, 0.15) is 12.4 Å². The molecule has 0 unspecified atom stereocenters. The van der Waals surface area contributed by atoms with Crippen LogP contribution in [0.4, 0.5) is 4.39 Å². The lowest BCUT2D eigenvalue weighted by Crippen LogP contribution is -2.51. The van der Waals surface area contributed by atoms with Crippen molar-refractivity contribution in [2.24, 2.45) is 0 Å². The molecule has 0 bridgehead atoms. The van der Waals surface area contributed by atoms with Crippen LogP contribution in [-0.2, 0) is 20.9 Å².